The number of hydrogen-bond acceptors (Lipinski definition) is 3. The summed E-state index contributed by atoms with van der Waals surface area (Å²) in [7, 11) is 1.10. The Labute approximate surface area is 154 Å². The molecule has 2 rings (SSSR count). The number of aliphatic imine (C=N–C) groups is 1. The zero-order chi connectivity index (χ0) is 18.2. The van der Waals surface area contributed by atoms with Crippen molar-refractivity contribution in [2.45, 2.75) is 33.1 Å². The summed E-state index contributed by atoms with van der Waals surface area (Å²) in [6, 6.07) is 0. The minimum atomic E-state index is 0.718. The van der Waals surface area contributed by atoms with E-state index in [9.17, 15) is 0 Å². The van der Waals surface area contributed by atoms with Crippen LogP contribution in [-0.4, -0.2) is 42.1 Å². The van der Waals surface area contributed by atoms with Crippen molar-refractivity contribution in [2.24, 2.45) is 4.99 Å². The number of hydrogen-bond donors (Lipinski definition) is 1. The highest BCUT2D eigenvalue weighted by Gasteiger charge is 2.15. The van der Waals surface area contributed by atoms with Crippen LogP contribution in [0.4, 0.5) is 0 Å². The van der Waals surface area contributed by atoms with Crippen molar-refractivity contribution in [3.8, 4) is 0 Å². The quantitative estimate of drug-likeness (QED) is 0.505. The van der Waals surface area contributed by atoms with E-state index in [0.717, 1.165) is 54.6 Å². The van der Waals surface area contributed by atoms with E-state index >= 15 is 0 Å². The molecule has 0 saturated carbocycles. The molecular weight excluding hydrogens is 325 g/mol. The van der Waals surface area contributed by atoms with Gasteiger partial charge in [0.1, 0.15) is 5.82 Å². The van der Waals surface area contributed by atoms with Crippen LogP contribution in [0.25, 0.3) is 0 Å². The minimum Gasteiger partial charge on any atom is -0.369 e. The van der Waals surface area contributed by atoms with Crippen molar-refractivity contribution >= 4 is 19.2 Å². The average Bonchev–Trinajstić information content (AvgIpc) is 2.97. The first-order valence-electron chi connectivity index (χ1n) is 9.03. The fourth-order valence-corrected chi connectivity index (χ4v) is 4.12. The first kappa shape index (κ1) is 19.6. The molecule has 0 aromatic rings. The SMILES string of the molecule is C=C(/N=C(\C=C/C)C1=PC(=C)C(C(=C)C)=C1)NCCN1CCCCC1. The molecule has 0 aromatic heterocycles. The molecule has 3 nitrogen and oxygen atoms in total. The number of nitrogens with one attached hydrogen (secondary N) is 1. The van der Waals surface area contributed by atoms with Gasteiger partial charge in [-0.2, -0.15) is 0 Å². The van der Waals surface area contributed by atoms with Crippen LogP contribution >= 0.6 is 8.20 Å². The topological polar surface area (TPSA) is 27.6 Å². The summed E-state index contributed by atoms with van der Waals surface area (Å²) in [6.07, 6.45) is 10.2. The highest BCUT2D eigenvalue weighted by Crippen LogP contribution is 2.34. The van der Waals surface area contributed by atoms with Gasteiger partial charge in [0.05, 0.1) is 5.71 Å². The molecule has 2 aliphatic heterocycles. The summed E-state index contributed by atoms with van der Waals surface area (Å²) in [4.78, 5) is 7.22. The summed E-state index contributed by atoms with van der Waals surface area (Å²) in [5.41, 5.74) is 3.13. The van der Waals surface area contributed by atoms with E-state index in [2.05, 4.69) is 36.0 Å². The maximum atomic E-state index is 4.71. The molecule has 0 radical (unpaired) electrons. The monoisotopic (exact) mass is 355 g/mol. The van der Waals surface area contributed by atoms with Gasteiger partial charge in [-0.15, -0.1) is 0 Å². The molecule has 134 valence electrons. The fourth-order valence-electron chi connectivity index (χ4n) is 3.02. The van der Waals surface area contributed by atoms with Crippen molar-refractivity contribution in [1.29, 1.82) is 0 Å². The summed E-state index contributed by atoms with van der Waals surface area (Å²) >= 11 is 0. The van der Waals surface area contributed by atoms with Gasteiger partial charge in [-0.3, -0.25) is 0 Å². The number of rotatable bonds is 8. The molecule has 0 aromatic carbocycles. The third kappa shape index (κ3) is 5.95. The first-order valence-corrected chi connectivity index (χ1v) is 9.93. The van der Waals surface area contributed by atoms with Crippen molar-refractivity contribution in [1.82, 2.24) is 10.2 Å². The Morgan fingerprint density at radius 2 is 2.04 bits per heavy atom. The van der Waals surface area contributed by atoms with Crippen LogP contribution in [-0.2, 0) is 0 Å². The molecule has 0 aliphatic carbocycles. The Morgan fingerprint density at radius 3 is 2.64 bits per heavy atom. The smallest absolute Gasteiger partial charge is 0.119 e. The third-order valence-electron chi connectivity index (χ3n) is 4.36. The van der Waals surface area contributed by atoms with E-state index in [0.29, 0.717) is 0 Å². The predicted octanol–water partition coefficient (Wildman–Crippen LogP) is 4.70. The van der Waals surface area contributed by atoms with Gasteiger partial charge < -0.3 is 10.2 Å². The Bertz CT molecular complexity index is 659. The molecule has 25 heavy (non-hydrogen) atoms. The van der Waals surface area contributed by atoms with Crippen LogP contribution in [0.1, 0.15) is 33.1 Å². The fraction of sp³-hybridized carbons (Fsp3) is 0.429. The lowest BCUT2D eigenvalue weighted by Gasteiger charge is -2.26. The van der Waals surface area contributed by atoms with Gasteiger partial charge in [-0.1, -0.05) is 46.0 Å². The van der Waals surface area contributed by atoms with Crippen LogP contribution < -0.4 is 5.32 Å². The molecule has 1 fully saturated rings. The maximum Gasteiger partial charge on any atom is 0.119 e. The molecule has 0 bridgehead atoms. The van der Waals surface area contributed by atoms with E-state index in [4.69, 9.17) is 4.99 Å². The van der Waals surface area contributed by atoms with Crippen LogP contribution in [0.2, 0.25) is 0 Å². The van der Waals surface area contributed by atoms with Crippen LogP contribution in [0.15, 0.2) is 65.2 Å². The molecule has 4 heteroatoms. The lowest BCUT2D eigenvalue weighted by molar-refractivity contribution is 0.231. The Morgan fingerprint density at radius 1 is 1.32 bits per heavy atom. The zero-order valence-corrected chi connectivity index (χ0v) is 16.5. The second kappa shape index (κ2) is 9.70. The number of likely N-dealkylation sites (tertiary alicyclic amines) is 1. The van der Waals surface area contributed by atoms with Crippen molar-refractivity contribution in [3.05, 3.63) is 60.2 Å². The molecule has 0 spiro atoms. The first-order chi connectivity index (χ1) is 12.0. The maximum absolute atomic E-state index is 4.71. The Balaban J connectivity index is 1.97. The molecule has 0 unspecified atom stereocenters. The highest BCUT2D eigenvalue weighted by molar-refractivity contribution is 7.50. The molecule has 0 amide bonds. The molecular formula is C21H30N3P. The summed E-state index contributed by atoms with van der Waals surface area (Å²) in [5.74, 6) is 0.718. The largest absolute Gasteiger partial charge is 0.369 e. The van der Waals surface area contributed by atoms with E-state index < -0.39 is 0 Å². The minimum absolute atomic E-state index is 0.718. The van der Waals surface area contributed by atoms with Gasteiger partial charge in [0.15, 0.2) is 0 Å². The van der Waals surface area contributed by atoms with Gasteiger partial charge in [0.2, 0.25) is 0 Å². The normalized spacial score (nSPS) is 19.8. The standard InChI is InChI=1S/C21H30N3P/c1-6-10-20(21-15-19(16(2)3)17(4)25-21)23-18(5)22-11-14-24-12-8-7-9-13-24/h6,10,15,22H,2,4-5,7-9,11-14H2,1,3H3/b10-6-,23-20+. The van der Waals surface area contributed by atoms with E-state index in [1.54, 1.807) is 0 Å². The third-order valence-corrected chi connectivity index (χ3v) is 5.47. The zero-order valence-electron chi connectivity index (χ0n) is 15.6. The molecule has 2 aliphatic rings. The van der Waals surface area contributed by atoms with Gasteiger partial charge in [-0.05, 0) is 57.5 Å². The van der Waals surface area contributed by atoms with Crippen LogP contribution in [0.5, 0.6) is 0 Å². The summed E-state index contributed by atoms with van der Waals surface area (Å²) < 4.78 is 0. The summed E-state index contributed by atoms with van der Waals surface area (Å²) in [5, 5.41) is 5.59. The van der Waals surface area contributed by atoms with Gasteiger partial charge in [0, 0.05) is 23.7 Å². The number of piperidine rings is 1. The van der Waals surface area contributed by atoms with Gasteiger partial charge in [0.25, 0.3) is 0 Å². The van der Waals surface area contributed by atoms with Crippen molar-refractivity contribution in [2.75, 3.05) is 26.2 Å². The van der Waals surface area contributed by atoms with Gasteiger partial charge >= 0.3 is 0 Å². The highest BCUT2D eigenvalue weighted by atomic mass is 31.1. The Hall–Kier alpha value is -1.70. The lowest BCUT2D eigenvalue weighted by Crippen LogP contribution is -2.35. The van der Waals surface area contributed by atoms with E-state index in [-0.39, 0.29) is 0 Å². The molecule has 1 N–H and O–H groups in total. The van der Waals surface area contributed by atoms with Crippen LogP contribution in [0, 0.1) is 0 Å². The summed E-state index contributed by atoms with van der Waals surface area (Å²) in [6.45, 7) is 20.7. The second-order valence-electron chi connectivity index (χ2n) is 6.55. The van der Waals surface area contributed by atoms with E-state index in [1.165, 1.54) is 32.4 Å². The molecule has 1 saturated heterocycles. The molecule has 0 atom stereocenters. The number of allylic oxidation sites excluding steroid dienone is 6. The van der Waals surface area contributed by atoms with Crippen LogP contribution in [0.3, 0.4) is 0 Å². The molecule has 2 heterocycles. The predicted molar refractivity (Wildman–Crippen MR) is 114 cm³/mol. The average molecular weight is 355 g/mol. The van der Waals surface area contributed by atoms with Crippen molar-refractivity contribution in [3.63, 3.8) is 0 Å². The van der Waals surface area contributed by atoms with Gasteiger partial charge in [-0.25, -0.2) is 4.99 Å². The second-order valence-corrected chi connectivity index (χ2v) is 7.80. The number of nitrogens with zero attached hydrogens (tertiary/aromatic N) is 2. The lowest BCUT2D eigenvalue weighted by atomic mass is 10.1. The van der Waals surface area contributed by atoms with E-state index in [1.807, 2.05) is 26.0 Å². The Kier molecular flexibility index (Phi) is 7.61. The van der Waals surface area contributed by atoms with Crippen molar-refractivity contribution < 1.29 is 0 Å².